The molecule has 0 bridgehead atoms. The van der Waals surface area contributed by atoms with E-state index >= 15 is 0 Å². The van der Waals surface area contributed by atoms with Gasteiger partial charge in [-0.25, -0.2) is 0 Å². The molecule has 1 heterocycles. The first-order valence-electron chi connectivity index (χ1n) is 5.80. The Kier molecular flexibility index (Phi) is 4.43. The number of rotatable bonds is 4. The topological polar surface area (TPSA) is 32.3 Å². The van der Waals surface area contributed by atoms with Gasteiger partial charge in [-0.15, -0.1) is 11.3 Å². The fourth-order valence-electron chi connectivity index (χ4n) is 1.75. The van der Waals surface area contributed by atoms with Gasteiger partial charge in [0.2, 0.25) is 0 Å². The van der Waals surface area contributed by atoms with Crippen molar-refractivity contribution in [2.75, 3.05) is 0 Å². The smallest absolute Gasteiger partial charge is 0.120 e. The molecule has 0 amide bonds. The molecule has 0 aliphatic heterocycles. The van der Waals surface area contributed by atoms with Crippen molar-refractivity contribution in [2.24, 2.45) is 0 Å². The second-order valence-electron chi connectivity index (χ2n) is 4.33. The zero-order chi connectivity index (χ0) is 13.1. The molecule has 2 N–H and O–H groups in total. The second-order valence-corrected chi connectivity index (χ2v) is 6.59. The van der Waals surface area contributed by atoms with Crippen LogP contribution >= 0.6 is 27.3 Å². The maximum Gasteiger partial charge on any atom is 0.120 e. The van der Waals surface area contributed by atoms with Crippen LogP contribution in [-0.4, -0.2) is 5.11 Å². The largest absolute Gasteiger partial charge is 0.508 e. The van der Waals surface area contributed by atoms with Gasteiger partial charge in [-0.1, -0.05) is 15.9 Å². The number of nitrogens with one attached hydrogen (secondary N) is 1. The summed E-state index contributed by atoms with van der Waals surface area (Å²) in [6.07, 6.45) is 0. The number of aryl methyl sites for hydroxylation is 2. The SMILES string of the molecule is Cc1cc(CNCc2cc(Br)ccc2O)sc1C. The Bertz CT molecular complexity index is 531. The normalized spacial score (nSPS) is 10.8. The van der Waals surface area contributed by atoms with E-state index in [1.54, 1.807) is 6.07 Å². The molecule has 0 spiro atoms. The van der Waals surface area contributed by atoms with Gasteiger partial charge in [0.25, 0.3) is 0 Å². The molecule has 1 aromatic carbocycles. The number of phenolic OH excluding ortho intramolecular Hbond substituents is 1. The van der Waals surface area contributed by atoms with Gasteiger partial charge in [-0.3, -0.25) is 0 Å². The minimum atomic E-state index is 0.337. The van der Waals surface area contributed by atoms with Crippen molar-refractivity contribution < 1.29 is 5.11 Å². The summed E-state index contributed by atoms with van der Waals surface area (Å²) in [7, 11) is 0. The number of benzene rings is 1. The fraction of sp³-hybridized carbons (Fsp3) is 0.286. The van der Waals surface area contributed by atoms with Gasteiger partial charge < -0.3 is 10.4 Å². The fourth-order valence-corrected chi connectivity index (χ4v) is 3.18. The van der Waals surface area contributed by atoms with E-state index in [-0.39, 0.29) is 0 Å². The minimum absolute atomic E-state index is 0.337. The minimum Gasteiger partial charge on any atom is -0.508 e. The molecule has 2 aromatic rings. The van der Waals surface area contributed by atoms with Gasteiger partial charge in [0.05, 0.1) is 0 Å². The van der Waals surface area contributed by atoms with Crippen molar-refractivity contribution in [1.82, 2.24) is 5.32 Å². The average Bonchev–Trinajstić information content (AvgIpc) is 2.63. The van der Waals surface area contributed by atoms with Crippen molar-refractivity contribution in [3.05, 3.63) is 49.6 Å². The zero-order valence-electron chi connectivity index (χ0n) is 10.5. The van der Waals surface area contributed by atoms with E-state index in [1.807, 2.05) is 23.5 Å². The molecule has 0 saturated carbocycles. The lowest BCUT2D eigenvalue weighted by Gasteiger charge is -2.06. The van der Waals surface area contributed by atoms with Gasteiger partial charge in [0.1, 0.15) is 5.75 Å². The molecule has 0 saturated heterocycles. The van der Waals surface area contributed by atoms with Gasteiger partial charge >= 0.3 is 0 Å². The maximum absolute atomic E-state index is 9.72. The van der Waals surface area contributed by atoms with E-state index in [9.17, 15) is 5.11 Å². The van der Waals surface area contributed by atoms with Crippen molar-refractivity contribution in [2.45, 2.75) is 26.9 Å². The van der Waals surface area contributed by atoms with Crippen molar-refractivity contribution in [3.63, 3.8) is 0 Å². The highest BCUT2D eigenvalue weighted by molar-refractivity contribution is 9.10. The molecular formula is C14H16BrNOS. The van der Waals surface area contributed by atoms with Gasteiger partial charge in [-0.05, 0) is 43.7 Å². The number of thiophene rings is 1. The van der Waals surface area contributed by atoms with Crippen LogP contribution in [0.4, 0.5) is 0 Å². The van der Waals surface area contributed by atoms with Gasteiger partial charge in [0.15, 0.2) is 0 Å². The molecule has 18 heavy (non-hydrogen) atoms. The standard InChI is InChI=1S/C14H16BrNOS/c1-9-5-13(18-10(9)2)8-16-7-11-6-12(15)3-4-14(11)17/h3-6,16-17H,7-8H2,1-2H3. The Hall–Kier alpha value is -0.840. The predicted octanol–water partition coefficient (Wildman–Crippen LogP) is 4.12. The molecule has 0 fully saturated rings. The number of halogens is 1. The van der Waals surface area contributed by atoms with E-state index < -0.39 is 0 Å². The molecule has 4 heteroatoms. The summed E-state index contributed by atoms with van der Waals surface area (Å²) >= 11 is 5.23. The Labute approximate surface area is 120 Å². The maximum atomic E-state index is 9.72. The van der Waals surface area contributed by atoms with Crippen molar-refractivity contribution >= 4 is 27.3 Å². The van der Waals surface area contributed by atoms with Gasteiger partial charge in [-0.2, -0.15) is 0 Å². The Morgan fingerprint density at radius 2 is 2.00 bits per heavy atom. The number of phenols is 1. The van der Waals surface area contributed by atoms with E-state index in [2.05, 4.69) is 41.2 Å². The first kappa shape index (κ1) is 13.6. The van der Waals surface area contributed by atoms with E-state index in [0.29, 0.717) is 12.3 Å². The van der Waals surface area contributed by atoms with Crippen LogP contribution < -0.4 is 5.32 Å². The third-order valence-electron chi connectivity index (χ3n) is 2.87. The molecule has 1 aromatic heterocycles. The average molecular weight is 326 g/mol. The second kappa shape index (κ2) is 5.87. The molecule has 0 aliphatic rings. The van der Waals surface area contributed by atoms with Crippen LogP contribution in [0, 0.1) is 13.8 Å². The summed E-state index contributed by atoms with van der Waals surface area (Å²) < 4.78 is 0.986. The third-order valence-corrected chi connectivity index (χ3v) is 4.52. The lowest BCUT2D eigenvalue weighted by Crippen LogP contribution is -2.11. The molecule has 0 radical (unpaired) electrons. The molecule has 0 aliphatic carbocycles. The lowest BCUT2D eigenvalue weighted by molar-refractivity contribution is 0.464. The Morgan fingerprint density at radius 3 is 2.67 bits per heavy atom. The highest BCUT2D eigenvalue weighted by atomic mass is 79.9. The summed E-state index contributed by atoms with van der Waals surface area (Å²) in [4.78, 5) is 2.71. The van der Waals surface area contributed by atoms with Crippen LogP contribution in [0.3, 0.4) is 0 Å². The van der Waals surface area contributed by atoms with Crippen LogP contribution in [0.2, 0.25) is 0 Å². The summed E-state index contributed by atoms with van der Waals surface area (Å²) in [5.74, 6) is 0.337. The first-order valence-corrected chi connectivity index (χ1v) is 7.41. The first-order chi connectivity index (χ1) is 8.56. The summed E-state index contributed by atoms with van der Waals surface area (Å²) in [6.45, 7) is 5.78. The lowest BCUT2D eigenvalue weighted by atomic mass is 10.2. The van der Waals surface area contributed by atoms with E-state index in [4.69, 9.17) is 0 Å². The zero-order valence-corrected chi connectivity index (χ0v) is 12.9. The number of hydrogen-bond acceptors (Lipinski definition) is 3. The summed E-state index contributed by atoms with van der Waals surface area (Å²) in [5, 5.41) is 13.1. The summed E-state index contributed by atoms with van der Waals surface area (Å²) in [6, 6.07) is 7.70. The van der Waals surface area contributed by atoms with Crippen LogP contribution in [-0.2, 0) is 13.1 Å². The highest BCUT2D eigenvalue weighted by Crippen LogP contribution is 2.23. The summed E-state index contributed by atoms with van der Waals surface area (Å²) in [5.41, 5.74) is 2.26. The number of aromatic hydroxyl groups is 1. The molecule has 2 rings (SSSR count). The molecule has 0 atom stereocenters. The van der Waals surface area contributed by atoms with Crippen LogP contribution in [0.15, 0.2) is 28.7 Å². The van der Waals surface area contributed by atoms with Crippen LogP contribution in [0.5, 0.6) is 5.75 Å². The molecule has 0 unspecified atom stereocenters. The van der Waals surface area contributed by atoms with Crippen LogP contribution in [0.25, 0.3) is 0 Å². The predicted molar refractivity (Wildman–Crippen MR) is 80.1 cm³/mol. The van der Waals surface area contributed by atoms with Crippen LogP contribution in [0.1, 0.15) is 20.9 Å². The quantitative estimate of drug-likeness (QED) is 0.886. The number of hydrogen-bond donors (Lipinski definition) is 2. The monoisotopic (exact) mass is 325 g/mol. The molecule has 96 valence electrons. The van der Waals surface area contributed by atoms with Gasteiger partial charge in [0, 0.05) is 32.9 Å². The molecule has 2 nitrogen and oxygen atoms in total. The highest BCUT2D eigenvalue weighted by Gasteiger charge is 2.04. The molecular weight excluding hydrogens is 310 g/mol. The van der Waals surface area contributed by atoms with Crippen molar-refractivity contribution in [1.29, 1.82) is 0 Å². The van der Waals surface area contributed by atoms with E-state index in [0.717, 1.165) is 16.6 Å². The third kappa shape index (κ3) is 3.34. The van der Waals surface area contributed by atoms with E-state index in [1.165, 1.54) is 15.3 Å². The Balaban J connectivity index is 1.94. The van der Waals surface area contributed by atoms with Crippen molar-refractivity contribution in [3.8, 4) is 5.75 Å². The Morgan fingerprint density at radius 1 is 1.22 bits per heavy atom.